The number of nitrogens with one attached hydrogen (secondary N) is 2. The van der Waals surface area contributed by atoms with Gasteiger partial charge in [0, 0.05) is 0 Å². The van der Waals surface area contributed by atoms with Crippen molar-refractivity contribution in [3.05, 3.63) is 21.2 Å². The van der Waals surface area contributed by atoms with Gasteiger partial charge in [0.15, 0.2) is 0 Å². The Hall–Kier alpha value is -0.930. The number of thiophene rings is 1. The van der Waals surface area contributed by atoms with Crippen molar-refractivity contribution in [2.24, 2.45) is 0 Å². The molecule has 0 aliphatic heterocycles. The van der Waals surface area contributed by atoms with E-state index in [2.05, 4.69) is 35.8 Å². The topological polar surface area (TPSA) is 87.7 Å². The van der Waals surface area contributed by atoms with Gasteiger partial charge in [-0.1, -0.05) is 0 Å². The van der Waals surface area contributed by atoms with Crippen molar-refractivity contribution in [3.8, 4) is 0 Å². The first-order valence-electron chi connectivity index (χ1n) is 4.56. The average Bonchev–Trinajstić information content (AvgIpc) is 2.75. The van der Waals surface area contributed by atoms with Crippen LogP contribution in [0.1, 0.15) is 11.4 Å². The van der Waals surface area contributed by atoms with Crippen LogP contribution in [0.3, 0.4) is 0 Å². The number of hydrogen-bond acceptors (Lipinski definition) is 5. The van der Waals surface area contributed by atoms with Gasteiger partial charge in [-0.2, -0.15) is 4.98 Å². The lowest BCUT2D eigenvalue weighted by atomic mass is 10.4. The first-order valence-corrected chi connectivity index (χ1v) is 7.65. The lowest BCUT2D eigenvalue weighted by molar-refractivity contribution is 0.602. The second-order valence-electron chi connectivity index (χ2n) is 3.37. The zero-order chi connectivity index (χ0) is 12.6. The molecule has 2 heterocycles. The molecule has 17 heavy (non-hydrogen) atoms. The van der Waals surface area contributed by atoms with Gasteiger partial charge in [0.05, 0.1) is 3.79 Å². The van der Waals surface area contributed by atoms with Gasteiger partial charge in [0.2, 0.25) is 0 Å². The molecule has 2 N–H and O–H groups in total. The van der Waals surface area contributed by atoms with Crippen LogP contribution in [0.4, 0.5) is 5.95 Å². The molecule has 0 amide bonds. The van der Waals surface area contributed by atoms with Crippen molar-refractivity contribution in [2.75, 3.05) is 4.72 Å². The van der Waals surface area contributed by atoms with E-state index in [1.54, 1.807) is 13.0 Å². The van der Waals surface area contributed by atoms with Crippen LogP contribution in [-0.4, -0.2) is 23.6 Å². The van der Waals surface area contributed by atoms with Crippen LogP contribution >= 0.6 is 27.3 Å². The number of rotatable bonds is 3. The molecule has 0 bridgehead atoms. The number of aromatic amines is 1. The first-order chi connectivity index (χ1) is 7.88. The first kappa shape index (κ1) is 12.5. The normalized spacial score (nSPS) is 11.7. The monoisotopic (exact) mass is 336 g/mol. The van der Waals surface area contributed by atoms with Crippen LogP contribution in [-0.2, 0) is 10.0 Å². The number of halogens is 1. The number of sulfonamides is 1. The molecule has 2 aromatic rings. The molecular weight excluding hydrogens is 328 g/mol. The minimum Gasteiger partial charge on any atom is -0.261 e. The van der Waals surface area contributed by atoms with Gasteiger partial charge < -0.3 is 0 Å². The lowest BCUT2D eigenvalue weighted by Gasteiger charge is -2.00. The Labute approximate surface area is 111 Å². The number of hydrogen-bond donors (Lipinski definition) is 2. The molecule has 0 saturated heterocycles. The molecule has 0 fully saturated rings. The van der Waals surface area contributed by atoms with E-state index >= 15 is 0 Å². The molecule has 0 saturated carbocycles. The second kappa shape index (κ2) is 4.39. The van der Waals surface area contributed by atoms with Gasteiger partial charge >= 0.3 is 0 Å². The van der Waals surface area contributed by atoms with E-state index in [0.29, 0.717) is 5.82 Å². The van der Waals surface area contributed by atoms with Crippen molar-refractivity contribution in [1.82, 2.24) is 15.2 Å². The number of aromatic nitrogens is 3. The summed E-state index contributed by atoms with van der Waals surface area (Å²) in [5, 5.41) is 6.29. The molecule has 2 aromatic heterocycles. The van der Waals surface area contributed by atoms with Crippen molar-refractivity contribution < 1.29 is 8.42 Å². The molecule has 0 aromatic carbocycles. The largest absolute Gasteiger partial charge is 0.273 e. The summed E-state index contributed by atoms with van der Waals surface area (Å²) in [7, 11) is -3.61. The molecule has 0 radical (unpaired) electrons. The summed E-state index contributed by atoms with van der Waals surface area (Å²) in [4.78, 5) is 3.89. The Morgan fingerprint density at radius 1 is 1.47 bits per heavy atom. The smallest absolute Gasteiger partial charge is 0.261 e. The van der Waals surface area contributed by atoms with E-state index in [4.69, 9.17) is 0 Å². The van der Waals surface area contributed by atoms with Gasteiger partial charge in [0.1, 0.15) is 10.0 Å². The van der Waals surface area contributed by atoms with E-state index in [0.717, 1.165) is 20.7 Å². The molecule has 0 aliphatic rings. The maximum Gasteiger partial charge on any atom is 0.273 e. The van der Waals surface area contributed by atoms with E-state index in [-0.39, 0.29) is 10.2 Å². The van der Waals surface area contributed by atoms with E-state index in [1.165, 1.54) is 0 Å². The fourth-order valence-corrected chi connectivity index (χ4v) is 4.29. The molecule has 0 spiro atoms. The van der Waals surface area contributed by atoms with Crippen LogP contribution in [0.5, 0.6) is 0 Å². The summed E-state index contributed by atoms with van der Waals surface area (Å²) in [6.07, 6.45) is 0. The highest BCUT2D eigenvalue weighted by Gasteiger charge is 2.19. The van der Waals surface area contributed by atoms with E-state index < -0.39 is 10.0 Å². The fraction of sp³-hybridized carbons (Fsp3) is 0.250. The Morgan fingerprint density at radius 3 is 2.65 bits per heavy atom. The number of anilines is 1. The molecule has 0 atom stereocenters. The van der Waals surface area contributed by atoms with E-state index in [1.807, 2.05) is 6.92 Å². The maximum absolute atomic E-state index is 12.0. The number of H-pyrrole nitrogens is 1. The van der Waals surface area contributed by atoms with Gasteiger partial charge in [0.25, 0.3) is 16.0 Å². The Balaban J connectivity index is 2.31. The predicted molar refractivity (Wildman–Crippen MR) is 68.7 cm³/mol. The van der Waals surface area contributed by atoms with Crippen LogP contribution in [0.15, 0.2) is 14.1 Å². The maximum atomic E-state index is 12.0. The zero-order valence-electron chi connectivity index (χ0n) is 8.98. The molecule has 0 unspecified atom stereocenters. The summed E-state index contributed by atoms with van der Waals surface area (Å²) in [6, 6.07) is 1.59. The molecule has 92 valence electrons. The summed E-state index contributed by atoms with van der Waals surface area (Å²) in [5.74, 6) is 0.593. The number of aryl methyl sites for hydroxylation is 2. The molecule has 2 rings (SSSR count). The highest BCUT2D eigenvalue weighted by Crippen LogP contribution is 2.31. The third-order valence-corrected chi connectivity index (χ3v) is 5.86. The second-order valence-corrected chi connectivity index (χ2v) is 7.65. The average molecular weight is 337 g/mol. The Morgan fingerprint density at radius 2 is 2.18 bits per heavy atom. The van der Waals surface area contributed by atoms with Gasteiger partial charge in [-0.3, -0.25) is 5.10 Å². The van der Waals surface area contributed by atoms with Crippen molar-refractivity contribution in [1.29, 1.82) is 0 Å². The van der Waals surface area contributed by atoms with Crippen molar-refractivity contribution in [3.63, 3.8) is 0 Å². The fourth-order valence-electron chi connectivity index (χ4n) is 1.12. The standard InChI is InChI=1S/C8H9BrN4O2S2/c1-4-3-6(16-7(4)9)17(14,15)13-8-10-5(2)11-12-8/h3H,1-2H3,(H2,10,11,12,13). The van der Waals surface area contributed by atoms with Crippen LogP contribution in [0.2, 0.25) is 0 Å². The summed E-state index contributed by atoms with van der Waals surface area (Å²) < 4.78 is 27.2. The van der Waals surface area contributed by atoms with Crippen molar-refractivity contribution in [2.45, 2.75) is 18.1 Å². The summed E-state index contributed by atoms with van der Waals surface area (Å²) >= 11 is 4.43. The van der Waals surface area contributed by atoms with Gasteiger partial charge in [-0.15, -0.1) is 16.4 Å². The Kier molecular flexibility index (Phi) is 3.23. The third kappa shape index (κ3) is 2.67. The predicted octanol–water partition coefficient (Wildman–Crippen LogP) is 2.05. The summed E-state index contributed by atoms with van der Waals surface area (Å²) in [5.41, 5.74) is 0.876. The van der Waals surface area contributed by atoms with Gasteiger partial charge in [-0.05, 0) is 41.4 Å². The van der Waals surface area contributed by atoms with Crippen LogP contribution in [0, 0.1) is 13.8 Å². The molecule has 0 aliphatic carbocycles. The molecular formula is C8H9BrN4O2S2. The third-order valence-electron chi connectivity index (χ3n) is 1.92. The van der Waals surface area contributed by atoms with Crippen molar-refractivity contribution >= 4 is 43.2 Å². The minimum atomic E-state index is -3.61. The number of nitrogens with zero attached hydrogens (tertiary/aromatic N) is 2. The zero-order valence-corrected chi connectivity index (χ0v) is 12.2. The highest BCUT2D eigenvalue weighted by molar-refractivity contribution is 9.11. The van der Waals surface area contributed by atoms with Crippen LogP contribution in [0.25, 0.3) is 0 Å². The lowest BCUT2D eigenvalue weighted by Crippen LogP contribution is -2.12. The SMILES string of the molecule is Cc1nc(NS(=O)(=O)c2cc(C)c(Br)s2)n[nH]1. The highest BCUT2D eigenvalue weighted by atomic mass is 79.9. The van der Waals surface area contributed by atoms with E-state index in [9.17, 15) is 8.42 Å². The van der Waals surface area contributed by atoms with Gasteiger partial charge in [-0.25, -0.2) is 13.1 Å². The summed E-state index contributed by atoms with van der Waals surface area (Å²) in [6.45, 7) is 3.52. The quantitative estimate of drug-likeness (QED) is 0.897. The minimum absolute atomic E-state index is 0.0460. The van der Waals surface area contributed by atoms with Crippen LogP contribution < -0.4 is 4.72 Å². The molecule has 6 nitrogen and oxygen atoms in total. The molecule has 9 heteroatoms. The Bertz CT molecular complexity index is 627.